The van der Waals surface area contributed by atoms with E-state index in [0.717, 1.165) is 53.8 Å². The SMILES string of the molecule is Cl.N#Cc1ccnc(Nc2cc(C3CC3)cc(-c3ccc4ncn(C5CCCCC5O)c4c3)n2)c1. The molecule has 0 radical (unpaired) electrons. The highest BCUT2D eigenvalue weighted by Crippen LogP contribution is 2.42. The summed E-state index contributed by atoms with van der Waals surface area (Å²) in [6, 6.07) is 16.1. The van der Waals surface area contributed by atoms with Gasteiger partial charge in [-0.05, 0) is 73.6 Å². The van der Waals surface area contributed by atoms with Crippen LogP contribution in [0.25, 0.3) is 22.3 Å². The zero-order valence-electron chi connectivity index (χ0n) is 19.3. The molecule has 7 nitrogen and oxygen atoms in total. The highest BCUT2D eigenvalue weighted by atomic mass is 35.5. The highest BCUT2D eigenvalue weighted by Gasteiger charge is 2.27. The second kappa shape index (κ2) is 9.65. The third-order valence-electron chi connectivity index (χ3n) is 6.96. The zero-order valence-corrected chi connectivity index (χ0v) is 20.1. The number of nitrogens with zero attached hydrogens (tertiary/aromatic N) is 5. The topological polar surface area (TPSA) is 99.7 Å². The van der Waals surface area contributed by atoms with E-state index in [1.165, 1.54) is 18.4 Å². The molecule has 2 fully saturated rings. The molecule has 0 bridgehead atoms. The normalized spacial score (nSPS) is 19.7. The summed E-state index contributed by atoms with van der Waals surface area (Å²) in [4.78, 5) is 13.8. The van der Waals surface area contributed by atoms with Crippen LogP contribution in [0.15, 0.2) is 55.0 Å². The van der Waals surface area contributed by atoms with Gasteiger partial charge in [0.2, 0.25) is 0 Å². The van der Waals surface area contributed by atoms with Crippen molar-refractivity contribution in [3.63, 3.8) is 0 Å². The number of aromatic nitrogens is 4. The second-order valence-electron chi connectivity index (χ2n) is 9.39. The molecule has 0 aliphatic heterocycles. The van der Waals surface area contributed by atoms with Gasteiger partial charge in [-0.2, -0.15) is 5.26 Å². The van der Waals surface area contributed by atoms with E-state index in [9.17, 15) is 10.4 Å². The van der Waals surface area contributed by atoms with Crippen LogP contribution in [0.5, 0.6) is 0 Å². The Morgan fingerprint density at radius 2 is 1.83 bits per heavy atom. The number of aliphatic hydroxyl groups excluding tert-OH is 1. The van der Waals surface area contributed by atoms with Gasteiger partial charge < -0.3 is 15.0 Å². The Balaban J connectivity index is 0.00000253. The number of hydrogen-bond donors (Lipinski definition) is 2. The first kappa shape index (κ1) is 23.3. The molecule has 0 amide bonds. The number of aliphatic hydroxyl groups is 1. The molecule has 0 spiro atoms. The van der Waals surface area contributed by atoms with Crippen molar-refractivity contribution in [3.8, 4) is 17.3 Å². The van der Waals surface area contributed by atoms with E-state index in [2.05, 4.69) is 50.2 Å². The summed E-state index contributed by atoms with van der Waals surface area (Å²) in [6.07, 6.45) is 9.55. The van der Waals surface area contributed by atoms with E-state index in [0.29, 0.717) is 17.3 Å². The number of hydrogen-bond acceptors (Lipinski definition) is 6. The molecule has 2 atom stereocenters. The van der Waals surface area contributed by atoms with Crippen LogP contribution in [0.4, 0.5) is 11.6 Å². The monoisotopic (exact) mass is 486 g/mol. The van der Waals surface area contributed by atoms with Crippen LogP contribution in [-0.4, -0.2) is 30.7 Å². The number of nitrogens with one attached hydrogen (secondary N) is 1. The average molecular weight is 487 g/mol. The number of pyridine rings is 2. The minimum atomic E-state index is -0.335. The Morgan fingerprint density at radius 1 is 0.971 bits per heavy atom. The average Bonchev–Trinajstić information content (AvgIpc) is 3.64. The van der Waals surface area contributed by atoms with Gasteiger partial charge in [0.15, 0.2) is 0 Å². The van der Waals surface area contributed by atoms with Crippen LogP contribution in [0.3, 0.4) is 0 Å². The lowest BCUT2D eigenvalue weighted by atomic mass is 9.92. The van der Waals surface area contributed by atoms with Crippen LogP contribution in [0.1, 0.15) is 61.6 Å². The Morgan fingerprint density at radius 3 is 2.63 bits per heavy atom. The van der Waals surface area contributed by atoms with Crippen LogP contribution in [0, 0.1) is 11.3 Å². The minimum absolute atomic E-state index is 0. The number of fused-ring (bicyclic) bond motifs is 1. The molecule has 2 unspecified atom stereocenters. The largest absolute Gasteiger partial charge is 0.391 e. The number of rotatable bonds is 5. The van der Waals surface area contributed by atoms with Crippen LogP contribution in [-0.2, 0) is 0 Å². The summed E-state index contributed by atoms with van der Waals surface area (Å²) in [5.41, 5.74) is 5.68. The van der Waals surface area contributed by atoms with Crippen molar-refractivity contribution >= 4 is 35.1 Å². The Hall–Kier alpha value is -3.47. The predicted octanol–water partition coefficient (Wildman–Crippen LogP) is 5.88. The number of halogens is 1. The van der Waals surface area contributed by atoms with Gasteiger partial charge in [-0.1, -0.05) is 18.9 Å². The standard InChI is InChI=1S/C27H26N6O.ClH/c28-15-17-9-10-29-26(11-17)32-27-14-20(18-5-6-18)12-22(31-27)19-7-8-21-24(13-19)33(16-30-21)23-3-1-2-4-25(23)34;/h7-14,16,18,23,25,34H,1-6H2,(H,29,31,32);1H. The first-order valence-corrected chi connectivity index (χ1v) is 12.0. The van der Waals surface area contributed by atoms with Crippen molar-refractivity contribution in [3.05, 3.63) is 66.1 Å². The highest BCUT2D eigenvalue weighted by molar-refractivity contribution is 5.85. The number of benzene rings is 1. The Labute approximate surface area is 210 Å². The van der Waals surface area contributed by atoms with Gasteiger partial charge >= 0.3 is 0 Å². The molecule has 6 rings (SSSR count). The van der Waals surface area contributed by atoms with Crippen molar-refractivity contribution in [2.24, 2.45) is 0 Å². The molecule has 178 valence electrons. The van der Waals surface area contributed by atoms with E-state index in [4.69, 9.17) is 4.98 Å². The second-order valence-corrected chi connectivity index (χ2v) is 9.39. The summed E-state index contributed by atoms with van der Waals surface area (Å²) < 4.78 is 2.14. The third-order valence-corrected chi connectivity index (χ3v) is 6.96. The molecule has 4 aromatic rings. The fourth-order valence-corrected chi connectivity index (χ4v) is 4.98. The molecule has 0 saturated heterocycles. The summed E-state index contributed by atoms with van der Waals surface area (Å²) in [6.45, 7) is 0. The lowest BCUT2D eigenvalue weighted by molar-refractivity contribution is 0.0773. The first-order chi connectivity index (χ1) is 16.7. The van der Waals surface area contributed by atoms with Gasteiger partial charge in [0.25, 0.3) is 0 Å². The molecule has 2 saturated carbocycles. The van der Waals surface area contributed by atoms with E-state index < -0.39 is 0 Å². The number of anilines is 2. The molecule has 8 heteroatoms. The van der Waals surface area contributed by atoms with E-state index >= 15 is 0 Å². The lowest BCUT2D eigenvalue weighted by Crippen LogP contribution is -2.27. The van der Waals surface area contributed by atoms with E-state index in [-0.39, 0.29) is 24.6 Å². The molecule has 3 aromatic heterocycles. The van der Waals surface area contributed by atoms with E-state index in [1.807, 2.05) is 12.4 Å². The van der Waals surface area contributed by atoms with Gasteiger partial charge in [0.1, 0.15) is 11.6 Å². The summed E-state index contributed by atoms with van der Waals surface area (Å²) in [5.74, 6) is 1.89. The van der Waals surface area contributed by atoms with Crippen molar-refractivity contribution < 1.29 is 5.11 Å². The maximum Gasteiger partial charge on any atom is 0.132 e. The van der Waals surface area contributed by atoms with Crippen LogP contribution >= 0.6 is 12.4 Å². The quantitative estimate of drug-likeness (QED) is 0.365. The third kappa shape index (κ3) is 4.72. The molecule has 3 heterocycles. The van der Waals surface area contributed by atoms with Crippen molar-refractivity contribution in [2.75, 3.05) is 5.32 Å². The predicted molar refractivity (Wildman–Crippen MR) is 138 cm³/mol. The van der Waals surface area contributed by atoms with Gasteiger partial charge in [-0.3, -0.25) is 0 Å². The Bertz CT molecular complexity index is 1410. The van der Waals surface area contributed by atoms with Crippen molar-refractivity contribution in [1.82, 2.24) is 19.5 Å². The fraction of sp³-hybridized carbons (Fsp3) is 0.333. The first-order valence-electron chi connectivity index (χ1n) is 12.0. The van der Waals surface area contributed by atoms with Gasteiger partial charge in [-0.25, -0.2) is 15.0 Å². The summed E-state index contributed by atoms with van der Waals surface area (Å²) in [5, 5.41) is 23.1. The molecule has 35 heavy (non-hydrogen) atoms. The van der Waals surface area contributed by atoms with Crippen molar-refractivity contribution in [1.29, 1.82) is 5.26 Å². The summed E-state index contributed by atoms with van der Waals surface area (Å²) in [7, 11) is 0. The molecule has 2 aliphatic rings. The maximum absolute atomic E-state index is 10.6. The van der Waals surface area contributed by atoms with Crippen molar-refractivity contribution in [2.45, 2.75) is 56.6 Å². The molecule has 1 aromatic carbocycles. The van der Waals surface area contributed by atoms with Gasteiger partial charge in [0, 0.05) is 11.8 Å². The van der Waals surface area contributed by atoms with Crippen LogP contribution in [0.2, 0.25) is 0 Å². The fourth-order valence-electron chi connectivity index (χ4n) is 4.98. The number of nitriles is 1. The molecule has 2 N–H and O–H groups in total. The smallest absolute Gasteiger partial charge is 0.132 e. The Kier molecular flexibility index (Phi) is 6.42. The van der Waals surface area contributed by atoms with Crippen LogP contribution < -0.4 is 5.32 Å². The maximum atomic E-state index is 10.6. The molecular formula is C27H27ClN6O. The summed E-state index contributed by atoms with van der Waals surface area (Å²) >= 11 is 0. The molecule has 2 aliphatic carbocycles. The zero-order chi connectivity index (χ0) is 23.1. The number of imidazole rings is 1. The van der Waals surface area contributed by atoms with E-state index in [1.54, 1.807) is 18.3 Å². The van der Waals surface area contributed by atoms with Gasteiger partial charge in [0.05, 0.1) is 46.8 Å². The minimum Gasteiger partial charge on any atom is -0.391 e. The van der Waals surface area contributed by atoms with Gasteiger partial charge in [-0.15, -0.1) is 12.4 Å². The lowest BCUT2D eigenvalue weighted by Gasteiger charge is -2.29. The molecular weight excluding hydrogens is 460 g/mol.